The number of morpholine rings is 1. The average molecular weight is 252 g/mol. The number of rotatable bonds is 6. The van der Waals surface area contributed by atoms with E-state index in [-0.39, 0.29) is 25.0 Å². The number of amides is 1. The van der Waals surface area contributed by atoms with E-state index in [0.29, 0.717) is 26.2 Å². The second-order valence-electron chi connectivity index (χ2n) is 3.78. The maximum Gasteiger partial charge on any atom is 0.261 e. The Morgan fingerprint density at radius 1 is 1.59 bits per heavy atom. The zero-order chi connectivity index (χ0) is 12.7. The van der Waals surface area contributed by atoms with Gasteiger partial charge in [-0.3, -0.25) is 4.79 Å². The number of alkyl halides is 2. The van der Waals surface area contributed by atoms with Crippen LogP contribution >= 0.6 is 0 Å². The second-order valence-corrected chi connectivity index (χ2v) is 3.78. The fraction of sp³-hybridized carbons (Fsp3) is 0.900. The fourth-order valence-corrected chi connectivity index (χ4v) is 1.58. The molecule has 1 aliphatic heterocycles. The van der Waals surface area contributed by atoms with Gasteiger partial charge >= 0.3 is 0 Å². The van der Waals surface area contributed by atoms with Crippen LogP contribution in [-0.2, 0) is 14.3 Å². The van der Waals surface area contributed by atoms with E-state index >= 15 is 0 Å². The Balaban J connectivity index is 2.18. The first kappa shape index (κ1) is 14.3. The monoisotopic (exact) mass is 252 g/mol. The standard InChI is InChI=1S/C10H18F2N2O3/c11-9(12)7-16-3-1-10(15)14-2-4-17-8(5-13)6-14/h8-9H,1-7,13H2. The third-order valence-corrected chi connectivity index (χ3v) is 2.46. The molecule has 1 atom stereocenters. The number of nitrogens with zero attached hydrogens (tertiary/aromatic N) is 1. The first-order valence-corrected chi connectivity index (χ1v) is 5.58. The van der Waals surface area contributed by atoms with Gasteiger partial charge in [-0.2, -0.15) is 0 Å². The molecule has 5 nitrogen and oxygen atoms in total. The lowest BCUT2D eigenvalue weighted by molar-refractivity contribution is -0.139. The topological polar surface area (TPSA) is 64.8 Å². The fourth-order valence-electron chi connectivity index (χ4n) is 1.58. The van der Waals surface area contributed by atoms with Crippen LogP contribution in [-0.4, -0.2) is 62.8 Å². The second kappa shape index (κ2) is 7.52. The highest BCUT2D eigenvalue weighted by Gasteiger charge is 2.22. The van der Waals surface area contributed by atoms with E-state index in [1.165, 1.54) is 0 Å². The Hall–Kier alpha value is -0.790. The van der Waals surface area contributed by atoms with Gasteiger partial charge < -0.3 is 20.1 Å². The molecular weight excluding hydrogens is 234 g/mol. The predicted molar refractivity (Wildman–Crippen MR) is 56.8 cm³/mol. The molecule has 0 saturated carbocycles. The molecule has 0 aromatic carbocycles. The molecule has 0 radical (unpaired) electrons. The smallest absolute Gasteiger partial charge is 0.261 e. The molecule has 1 amide bonds. The first-order valence-electron chi connectivity index (χ1n) is 5.58. The molecular formula is C10H18F2N2O3. The zero-order valence-corrected chi connectivity index (χ0v) is 9.61. The summed E-state index contributed by atoms with van der Waals surface area (Å²) in [6, 6.07) is 0. The molecule has 0 aromatic heterocycles. The summed E-state index contributed by atoms with van der Waals surface area (Å²) in [4.78, 5) is 13.3. The Kier molecular flexibility index (Phi) is 6.31. The molecule has 17 heavy (non-hydrogen) atoms. The van der Waals surface area contributed by atoms with Crippen molar-refractivity contribution in [1.82, 2.24) is 4.90 Å². The van der Waals surface area contributed by atoms with E-state index in [9.17, 15) is 13.6 Å². The van der Waals surface area contributed by atoms with Crippen LogP contribution in [0.3, 0.4) is 0 Å². The van der Waals surface area contributed by atoms with Crippen LogP contribution < -0.4 is 5.73 Å². The summed E-state index contributed by atoms with van der Waals surface area (Å²) in [6.07, 6.45) is -2.51. The minimum Gasteiger partial charge on any atom is -0.375 e. The van der Waals surface area contributed by atoms with E-state index in [1.807, 2.05) is 0 Å². The van der Waals surface area contributed by atoms with Gasteiger partial charge in [0.1, 0.15) is 6.61 Å². The van der Waals surface area contributed by atoms with Crippen LogP contribution in [0.4, 0.5) is 8.78 Å². The predicted octanol–water partition coefficient (Wildman–Crippen LogP) is -0.156. The summed E-state index contributed by atoms with van der Waals surface area (Å²) >= 11 is 0. The van der Waals surface area contributed by atoms with Crippen molar-refractivity contribution in [2.24, 2.45) is 5.73 Å². The van der Waals surface area contributed by atoms with Crippen LogP contribution in [0.2, 0.25) is 0 Å². The number of carbonyl (C=O) groups is 1. The number of nitrogens with two attached hydrogens (primary N) is 1. The minimum atomic E-state index is -2.49. The lowest BCUT2D eigenvalue weighted by atomic mass is 10.2. The molecule has 100 valence electrons. The van der Waals surface area contributed by atoms with Crippen molar-refractivity contribution in [3.05, 3.63) is 0 Å². The summed E-state index contributed by atoms with van der Waals surface area (Å²) in [5.74, 6) is -0.110. The van der Waals surface area contributed by atoms with Crippen molar-refractivity contribution in [2.75, 3.05) is 39.5 Å². The summed E-state index contributed by atoms with van der Waals surface area (Å²) in [6.45, 7) is 1.21. The van der Waals surface area contributed by atoms with E-state index in [2.05, 4.69) is 4.74 Å². The average Bonchev–Trinajstić information content (AvgIpc) is 2.34. The lowest BCUT2D eigenvalue weighted by Crippen LogP contribution is -2.48. The molecule has 0 aliphatic carbocycles. The van der Waals surface area contributed by atoms with E-state index < -0.39 is 13.0 Å². The normalized spacial score (nSPS) is 20.9. The molecule has 0 aromatic rings. The largest absolute Gasteiger partial charge is 0.375 e. The molecule has 2 N–H and O–H groups in total. The van der Waals surface area contributed by atoms with Gasteiger partial charge in [0.25, 0.3) is 6.43 Å². The van der Waals surface area contributed by atoms with Crippen molar-refractivity contribution >= 4 is 5.91 Å². The number of hydrogen-bond donors (Lipinski definition) is 1. The Morgan fingerprint density at radius 2 is 2.35 bits per heavy atom. The summed E-state index contributed by atoms with van der Waals surface area (Å²) in [5.41, 5.74) is 5.45. The van der Waals surface area contributed by atoms with Crippen LogP contribution in [0, 0.1) is 0 Å². The molecule has 1 fully saturated rings. The maximum atomic E-state index is 11.8. The number of halogens is 2. The Bertz CT molecular complexity index is 242. The number of ether oxygens (including phenoxy) is 2. The van der Waals surface area contributed by atoms with Crippen LogP contribution in [0.5, 0.6) is 0 Å². The summed E-state index contributed by atoms with van der Waals surface area (Å²) in [7, 11) is 0. The van der Waals surface area contributed by atoms with E-state index in [0.717, 1.165) is 0 Å². The summed E-state index contributed by atoms with van der Waals surface area (Å²) < 4.78 is 33.5. The van der Waals surface area contributed by atoms with E-state index in [4.69, 9.17) is 10.5 Å². The molecule has 7 heteroatoms. The molecule has 1 unspecified atom stereocenters. The molecule has 0 spiro atoms. The Morgan fingerprint density at radius 3 is 3.00 bits per heavy atom. The minimum absolute atomic E-state index is 0.0216. The third kappa shape index (κ3) is 5.38. The molecule has 1 aliphatic rings. The maximum absolute atomic E-state index is 11.8. The number of carbonyl (C=O) groups excluding carboxylic acids is 1. The van der Waals surface area contributed by atoms with Crippen molar-refractivity contribution in [3.8, 4) is 0 Å². The van der Waals surface area contributed by atoms with Crippen molar-refractivity contribution in [2.45, 2.75) is 19.0 Å². The van der Waals surface area contributed by atoms with Gasteiger partial charge in [-0.25, -0.2) is 8.78 Å². The van der Waals surface area contributed by atoms with Crippen LogP contribution in [0.25, 0.3) is 0 Å². The van der Waals surface area contributed by atoms with Gasteiger partial charge in [-0.15, -0.1) is 0 Å². The highest BCUT2D eigenvalue weighted by Crippen LogP contribution is 2.06. The third-order valence-electron chi connectivity index (χ3n) is 2.46. The van der Waals surface area contributed by atoms with Gasteiger partial charge in [0.2, 0.25) is 5.91 Å². The molecule has 0 bridgehead atoms. The van der Waals surface area contributed by atoms with Crippen molar-refractivity contribution < 1.29 is 23.0 Å². The lowest BCUT2D eigenvalue weighted by Gasteiger charge is -2.32. The Labute approximate surface area is 98.8 Å². The first-order chi connectivity index (χ1) is 8.13. The van der Waals surface area contributed by atoms with Crippen LogP contribution in [0.1, 0.15) is 6.42 Å². The molecule has 1 heterocycles. The van der Waals surface area contributed by atoms with Gasteiger partial charge in [0.15, 0.2) is 0 Å². The molecule has 1 saturated heterocycles. The van der Waals surface area contributed by atoms with Crippen LogP contribution in [0.15, 0.2) is 0 Å². The van der Waals surface area contributed by atoms with Gasteiger partial charge in [-0.1, -0.05) is 0 Å². The highest BCUT2D eigenvalue weighted by molar-refractivity contribution is 5.76. The van der Waals surface area contributed by atoms with E-state index in [1.54, 1.807) is 4.90 Å². The van der Waals surface area contributed by atoms with Crippen molar-refractivity contribution in [1.29, 1.82) is 0 Å². The number of hydrogen-bond acceptors (Lipinski definition) is 4. The zero-order valence-electron chi connectivity index (χ0n) is 9.61. The van der Waals surface area contributed by atoms with Crippen molar-refractivity contribution in [3.63, 3.8) is 0 Å². The highest BCUT2D eigenvalue weighted by atomic mass is 19.3. The quantitative estimate of drug-likeness (QED) is 0.667. The summed E-state index contributed by atoms with van der Waals surface area (Å²) in [5, 5.41) is 0. The van der Waals surface area contributed by atoms with Gasteiger partial charge in [0, 0.05) is 19.6 Å². The van der Waals surface area contributed by atoms with Gasteiger partial charge in [0.05, 0.1) is 25.7 Å². The molecule has 1 rings (SSSR count). The van der Waals surface area contributed by atoms with Gasteiger partial charge in [-0.05, 0) is 0 Å². The SMILES string of the molecule is NCC1CN(C(=O)CCOCC(F)F)CCO1.